The molecule has 138 valence electrons. The average Bonchev–Trinajstić information content (AvgIpc) is 3.12. The van der Waals surface area contributed by atoms with E-state index >= 15 is 0 Å². The molecule has 0 aliphatic carbocycles. The highest BCUT2D eigenvalue weighted by Crippen LogP contribution is 2.26. The quantitative estimate of drug-likeness (QED) is 0.756. The summed E-state index contributed by atoms with van der Waals surface area (Å²) in [5.41, 5.74) is 1.23. The van der Waals surface area contributed by atoms with Gasteiger partial charge in [0.15, 0.2) is 0 Å². The van der Waals surface area contributed by atoms with Gasteiger partial charge in [-0.05, 0) is 37.1 Å². The fourth-order valence-electron chi connectivity index (χ4n) is 2.88. The minimum atomic E-state index is -0.290. The molecule has 0 bridgehead atoms. The molecule has 2 aromatic rings. The van der Waals surface area contributed by atoms with Crippen LogP contribution in [-0.2, 0) is 11.3 Å². The van der Waals surface area contributed by atoms with E-state index in [9.17, 15) is 9.90 Å². The Labute approximate surface area is 162 Å². The number of nitrogens with zero attached hydrogens (tertiary/aromatic N) is 1. The number of urea groups is 1. The third-order valence-electron chi connectivity index (χ3n) is 4.26. The first-order chi connectivity index (χ1) is 12.5. The molecule has 1 atom stereocenters. The van der Waals surface area contributed by atoms with E-state index in [0.717, 1.165) is 12.8 Å². The zero-order valence-corrected chi connectivity index (χ0v) is 15.6. The Morgan fingerprint density at radius 1 is 1.23 bits per heavy atom. The Morgan fingerprint density at radius 2 is 2.04 bits per heavy atom. The number of carbonyl (C=O) groups excluding carboxylic acids is 1. The predicted molar refractivity (Wildman–Crippen MR) is 103 cm³/mol. The number of halogens is 2. The van der Waals surface area contributed by atoms with Crippen LogP contribution in [0.2, 0.25) is 10.0 Å². The van der Waals surface area contributed by atoms with E-state index in [1.54, 1.807) is 41.3 Å². The Morgan fingerprint density at radius 3 is 2.73 bits per heavy atom. The molecule has 1 aliphatic heterocycles. The number of phenols is 1. The van der Waals surface area contributed by atoms with E-state index in [-0.39, 0.29) is 24.4 Å². The van der Waals surface area contributed by atoms with Gasteiger partial charge in [-0.25, -0.2) is 4.79 Å². The number of nitrogens with one attached hydrogen (secondary N) is 1. The number of para-hydroxylation sites is 1. The first kappa shape index (κ1) is 18.8. The molecule has 7 heteroatoms. The molecule has 26 heavy (non-hydrogen) atoms. The van der Waals surface area contributed by atoms with Gasteiger partial charge in [0.05, 0.1) is 22.7 Å². The Balaban J connectivity index is 1.75. The third-order valence-corrected chi connectivity index (χ3v) is 5.00. The van der Waals surface area contributed by atoms with E-state index < -0.39 is 0 Å². The average molecular weight is 395 g/mol. The van der Waals surface area contributed by atoms with Gasteiger partial charge in [-0.3, -0.25) is 0 Å². The van der Waals surface area contributed by atoms with Gasteiger partial charge < -0.3 is 20.1 Å². The molecule has 1 fully saturated rings. The lowest BCUT2D eigenvalue weighted by atomic mass is 10.1. The summed E-state index contributed by atoms with van der Waals surface area (Å²) < 4.78 is 5.66. The number of hydrogen-bond donors (Lipinski definition) is 2. The van der Waals surface area contributed by atoms with Gasteiger partial charge in [0.2, 0.25) is 0 Å². The van der Waals surface area contributed by atoms with Crippen molar-refractivity contribution in [2.24, 2.45) is 0 Å². The summed E-state index contributed by atoms with van der Waals surface area (Å²) in [7, 11) is 0. The fraction of sp³-hybridized carbons (Fsp3) is 0.316. The van der Waals surface area contributed by atoms with Gasteiger partial charge in [0, 0.05) is 24.4 Å². The van der Waals surface area contributed by atoms with E-state index in [4.69, 9.17) is 27.9 Å². The van der Waals surface area contributed by atoms with Gasteiger partial charge >= 0.3 is 6.03 Å². The maximum absolute atomic E-state index is 12.8. The molecular weight excluding hydrogens is 375 g/mol. The molecule has 1 heterocycles. The minimum Gasteiger partial charge on any atom is -0.508 e. The van der Waals surface area contributed by atoms with Crippen LogP contribution in [0.15, 0.2) is 42.5 Å². The molecule has 0 saturated carbocycles. The van der Waals surface area contributed by atoms with Crippen LogP contribution in [0.3, 0.4) is 0 Å². The zero-order valence-electron chi connectivity index (χ0n) is 14.1. The molecule has 5 nitrogen and oxygen atoms in total. The minimum absolute atomic E-state index is 0.000380. The number of anilines is 1. The number of benzene rings is 2. The summed E-state index contributed by atoms with van der Waals surface area (Å²) in [4.78, 5) is 14.4. The van der Waals surface area contributed by atoms with E-state index in [1.165, 1.54) is 0 Å². The van der Waals surface area contributed by atoms with Crippen molar-refractivity contribution in [3.63, 3.8) is 0 Å². The van der Waals surface area contributed by atoms with Gasteiger partial charge in [-0.15, -0.1) is 0 Å². The van der Waals surface area contributed by atoms with Crippen molar-refractivity contribution in [1.29, 1.82) is 0 Å². The second-order valence-corrected chi connectivity index (χ2v) is 7.02. The number of aromatic hydroxyl groups is 1. The van der Waals surface area contributed by atoms with Gasteiger partial charge in [-0.2, -0.15) is 0 Å². The largest absolute Gasteiger partial charge is 0.508 e. The lowest BCUT2D eigenvalue weighted by molar-refractivity contribution is 0.0817. The van der Waals surface area contributed by atoms with Crippen LogP contribution in [0.4, 0.5) is 10.5 Å². The monoisotopic (exact) mass is 394 g/mol. The Kier molecular flexibility index (Phi) is 6.25. The number of carbonyl (C=O) groups is 1. The Bertz CT molecular complexity index is 779. The summed E-state index contributed by atoms with van der Waals surface area (Å²) in [6.45, 7) is 1.44. The van der Waals surface area contributed by atoms with Gasteiger partial charge in [-0.1, -0.05) is 41.4 Å². The van der Waals surface area contributed by atoms with Gasteiger partial charge in [0.25, 0.3) is 0 Å². The molecule has 0 spiro atoms. The summed E-state index contributed by atoms with van der Waals surface area (Å²) in [6.07, 6.45) is 1.90. The lowest BCUT2D eigenvalue weighted by Gasteiger charge is -2.26. The van der Waals surface area contributed by atoms with Crippen molar-refractivity contribution in [2.75, 3.05) is 18.5 Å². The van der Waals surface area contributed by atoms with E-state index in [1.807, 2.05) is 6.07 Å². The van der Waals surface area contributed by atoms with Crippen LogP contribution in [0.5, 0.6) is 5.75 Å². The second kappa shape index (κ2) is 8.62. The number of hydrogen-bond acceptors (Lipinski definition) is 3. The maximum Gasteiger partial charge on any atom is 0.322 e. The molecule has 2 N–H and O–H groups in total. The lowest BCUT2D eigenvalue weighted by Crippen LogP contribution is -2.39. The first-order valence-electron chi connectivity index (χ1n) is 8.42. The zero-order chi connectivity index (χ0) is 18.5. The third kappa shape index (κ3) is 4.81. The van der Waals surface area contributed by atoms with Crippen molar-refractivity contribution >= 4 is 34.9 Å². The number of rotatable bonds is 5. The summed E-state index contributed by atoms with van der Waals surface area (Å²) in [5.74, 6) is 0.159. The molecule has 0 radical (unpaired) electrons. The van der Waals surface area contributed by atoms with E-state index in [2.05, 4.69) is 5.32 Å². The maximum atomic E-state index is 12.8. The highest BCUT2D eigenvalue weighted by molar-refractivity contribution is 6.42. The van der Waals surface area contributed by atoms with Crippen molar-refractivity contribution in [3.05, 3.63) is 58.1 Å². The molecule has 1 unspecified atom stereocenters. The van der Waals surface area contributed by atoms with Crippen LogP contribution >= 0.6 is 23.2 Å². The summed E-state index contributed by atoms with van der Waals surface area (Å²) in [6, 6.07) is 11.6. The molecule has 0 aromatic heterocycles. The van der Waals surface area contributed by atoms with Crippen LogP contribution in [0, 0.1) is 0 Å². The normalized spacial score (nSPS) is 16.5. The van der Waals surface area contributed by atoms with Crippen molar-refractivity contribution in [1.82, 2.24) is 4.90 Å². The van der Waals surface area contributed by atoms with Crippen LogP contribution in [0.1, 0.15) is 18.4 Å². The smallest absolute Gasteiger partial charge is 0.322 e. The number of amides is 2. The highest BCUT2D eigenvalue weighted by atomic mass is 35.5. The molecule has 3 rings (SSSR count). The van der Waals surface area contributed by atoms with Crippen molar-refractivity contribution in [2.45, 2.75) is 25.5 Å². The molecule has 2 aromatic carbocycles. The van der Waals surface area contributed by atoms with Crippen LogP contribution in [-0.4, -0.2) is 35.3 Å². The predicted octanol–water partition coefficient (Wildman–Crippen LogP) is 4.91. The number of ether oxygens (including phenoxy) is 1. The van der Waals surface area contributed by atoms with Crippen LogP contribution in [0.25, 0.3) is 0 Å². The summed E-state index contributed by atoms with van der Waals surface area (Å²) >= 11 is 11.9. The molecule has 2 amide bonds. The molecule has 1 aliphatic rings. The Hall–Kier alpha value is -1.95. The first-order valence-corrected chi connectivity index (χ1v) is 9.18. The number of phenolic OH excluding ortho intramolecular Hbond substituents is 1. The summed E-state index contributed by atoms with van der Waals surface area (Å²) in [5, 5.41) is 13.7. The topological polar surface area (TPSA) is 61.8 Å². The van der Waals surface area contributed by atoms with E-state index in [0.29, 0.717) is 34.4 Å². The SMILES string of the molecule is O=C(Nc1ccc(Cl)c(Cl)c1)N(Cc1ccccc1O)CC1CCCO1. The standard InChI is InChI=1S/C19H20Cl2N2O3/c20-16-8-7-14(10-17(16)21)22-19(25)23(12-15-5-3-9-26-15)11-13-4-1-2-6-18(13)24/h1-2,4,6-8,10,15,24H,3,5,9,11-12H2,(H,22,25). The van der Waals surface area contributed by atoms with Crippen molar-refractivity contribution < 1.29 is 14.6 Å². The van der Waals surface area contributed by atoms with Gasteiger partial charge in [0.1, 0.15) is 5.75 Å². The van der Waals surface area contributed by atoms with Crippen LogP contribution < -0.4 is 5.32 Å². The fourth-order valence-corrected chi connectivity index (χ4v) is 3.18. The van der Waals surface area contributed by atoms with Crippen molar-refractivity contribution in [3.8, 4) is 5.75 Å². The second-order valence-electron chi connectivity index (χ2n) is 6.20. The molecular formula is C19H20Cl2N2O3. The highest BCUT2D eigenvalue weighted by Gasteiger charge is 2.23. The molecule has 1 saturated heterocycles.